The molecule has 1 saturated carbocycles. The molecule has 3 aliphatic rings. The molecular formula is C18H19N3O4. The van der Waals surface area contributed by atoms with Gasteiger partial charge in [0, 0.05) is 29.5 Å². The number of phenolic OH excluding ortho intramolecular Hbond substituents is 2. The Balaban J connectivity index is 1.99. The van der Waals surface area contributed by atoms with E-state index in [1.165, 1.54) is 6.07 Å². The van der Waals surface area contributed by atoms with Crippen molar-refractivity contribution in [3.63, 3.8) is 0 Å². The van der Waals surface area contributed by atoms with Crippen molar-refractivity contribution in [1.29, 1.82) is 5.26 Å². The Bertz CT molecular complexity index is 831. The van der Waals surface area contributed by atoms with Crippen molar-refractivity contribution in [2.45, 2.75) is 43.2 Å². The second-order valence-corrected chi connectivity index (χ2v) is 7.52. The van der Waals surface area contributed by atoms with E-state index < -0.39 is 11.5 Å². The van der Waals surface area contributed by atoms with Crippen LogP contribution in [0.4, 0.5) is 0 Å². The highest BCUT2D eigenvalue weighted by Gasteiger charge is 2.59. The van der Waals surface area contributed by atoms with E-state index in [9.17, 15) is 25.2 Å². The highest BCUT2D eigenvalue weighted by Crippen LogP contribution is 2.59. The first-order chi connectivity index (χ1) is 11.9. The molecule has 25 heavy (non-hydrogen) atoms. The van der Waals surface area contributed by atoms with E-state index in [2.05, 4.69) is 16.1 Å². The van der Waals surface area contributed by atoms with E-state index in [1.54, 1.807) is 0 Å². The first kappa shape index (κ1) is 16.0. The number of likely N-dealkylation sites (N-methyl/N-ethyl adjacent to an activating group) is 1. The van der Waals surface area contributed by atoms with Crippen molar-refractivity contribution in [1.82, 2.24) is 4.90 Å². The molecule has 4 atom stereocenters. The number of rotatable bonds is 1. The quantitative estimate of drug-likeness (QED) is 0.592. The summed E-state index contributed by atoms with van der Waals surface area (Å²) in [5.74, 6) is -0.793. The lowest BCUT2D eigenvalue weighted by Crippen LogP contribution is -2.62. The zero-order valence-corrected chi connectivity index (χ0v) is 13.9. The van der Waals surface area contributed by atoms with Crippen LogP contribution in [0.15, 0.2) is 11.2 Å². The lowest BCUT2D eigenvalue weighted by atomic mass is 9.51. The average molecular weight is 341 g/mol. The van der Waals surface area contributed by atoms with Gasteiger partial charge in [0.15, 0.2) is 23.3 Å². The number of hydrogen-bond donors (Lipinski definition) is 2. The summed E-state index contributed by atoms with van der Waals surface area (Å²) in [6.07, 6.45) is 1.66. The zero-order chi connectivity index (χ0) is 17.9. The van der Waals surface area contributed by atoms with Gasteiger partial charge in [-0.2, -0.15) is 10.2 Å². The molecule has 4 unspecified atom stereocenters. The fourth-order valence-corrected chi connectivity index (χ4v) is 5.36. The number of fused-ring (bicyclic) bond motifs is 1. The fraction of sp³-hybridized carbons (Fsp3) is 0.556. The Morgan fingerprint density at radius 3 is 2.88 bits per heavy atom. The summed E-state index contributed by atoms with van der Waals surface area (Å²) in [4.78, 5) is 25.8. The summed E-state index contributed by atoms with van der Waals surface area (Å²) in [5.41, 5.74) is 0.954. The number of likely N-dealkylation sites (tertiary alicyclic amines) is 1. The molecular weight excluding hydrogens is 322 g/mol. The Labute approximate surface area is 144 Å². The monoisotopic (exact) mass is 341 g/mol. The maximum Gasteiger partial charge on any atom is 0.161 e. The first-order valence-electron chi connectivity index (χ1n) is 8.46. The van der Waals surface area contributed by atoms with Gasteiger partial charge < -0.3 is 15.1 Å². The third-order valence-corrected chi connectivity index (χ3v) is 6.54. The van der Waals surface area contributed by atoms with Crippen LogP contribution >= 0.6 is 0 Å². The predicted octanol–water partition coefficient (Wildman–Crippen LogP) is 1.58. The summed E-state index contributed by atoms with van der Waals surface area (Å²) < 4.78 is 0. The highest BCUT2D eigenvalue weighted by atomic mass is 16.3. The number of nitriles is 1. The molecule has 7 nitrogen and oxygen atoms in total. The third kappa shape index (κ3) is 1.97. The van der Waals surface area contributed by atoms with Crippen molar-refractivity contribution in [3.8, 4) is 17.6 Å². The largest absolute Gasteiger partial charge is 0.504 e. The van der Waals surface area contributed by atoms with Crippen molar-refractivity contribution >= 4 is 5.78 Å². The van der Waals surface area contributed by atoms with Gasteiger partial charge in [0.25, 0.3) is 0 Å². The van der Waals surface area contributed by atoms with E-state index in [1.807, 2.05) is 7.05 Å². The van der Waals surface area contributed by atoms with Gasteiger partial charge in [-0.25, -0.2) is 0 Å². The zero-order valence-electron chi connectivity index (χ0n) is 13.9. The van der Waals surface area contributed by atoms with Crippen LogP contribution in [0.1, 0.15) is 36.0 Å². The maximum atomic E-state index is 12.5. The molecule has 1 saturated heterocycles. The second kappa shape index (κ2) is 5.27. The minimum Gasteiger partial charge on any atom is -0.504 e. The molecule has 130 valence electrons. The Morgan fingerprint density at radius 2 is 2.20 bits per heavy atom. The molecule has 2 bridgehead atoms. The predicted molar refractivity (Wildman–Crippen MR) is 88.2 cm³/mol. The smallest absolute Gasteiger partial charge is 0.161 e. The minimum atomic E-state index is -0.844. The molecule has 0 spiro atoms. The number of benzene rings is 1. The van der Waals surface area contributed by atoms with Crippen molar-refractivity contribution in [2.24, 2.45) is 11.1 Å². The number of carbonyl (C=O) groups excluding carboxylic acids is 1. The van der Waals surface area contributed by atoms with Gasteiger partial charge in [-0.3, -0.25) is 4.79 Å². The summed E-state index contributed by atoms with van der Waals surface area (Å²) in [7, 11) is 2.01. The SMILES string of the molecule is CN1CCC23CC(=O)C(N=O)CC2C1Cc1c(C#N)cc(O)c(O)c13. The maximum absolute atomic E-state index is 12.5. The Morgan fingerprint density at radius 1 is 1.44 bits per heavy atom. The van der Waals surface area contributed by atoms with E-state index >= 15 is 0 Å². The second-order valence-electron chi connectivity index (χ2n) is 7.52. The molecule has 1 heterocycles. The molecule has 1 aromatic rings. The van der Waals surface area contributed by atoms with Crippen LogP contribution in [0.25, 0.3) is 0 Å². The van der Waals surface area contributed by atoms with Gasteiger partial charge in [-0.05, 0) is 44.3 Å². The standard InChI is InChI=1S/C18H19N3O4/c1-21-3-2-18-7-15(23)12(20-25)6-11(18)13(21)5-10-9(8-19)4-14(22)17(24)16(10)18/h4,11-13,22,24H,2-3,5-7H2,1H3. The van der Waals surface area contributed by atoms with Gasteiger partial charge in [-0.1, -0.05) is 5.18 Å². The number of nitroso groups, excluding NO2 is 1. The molecule has 2 fully saturated rings. The van der Waals surface area contributed by atoms with E-state index in [0.717, 1.165) is 12.1 Å². The fourth-order valence-electron chi connectivity index (χ4n) is 5.36. The molecule has 1 aliphatic heterocycles. The van der Waals surface area contributed by atoms with Gasteiger partial charge >= 0.3 is 0 Å². The molecule has 1 aromatic carbocycles. The summed E-state index contributed by atoms with van der Waals surface area (Å²) in [6.45, 7) is 0.754. The Kier molecular flexibility index (Phi) is 3.38. The van der Waals surface area contributed by atoms with E-state index in [-0.39, 0.29) is 35.7 Å². The molecule has 7 heteroatoms. The van der Waals surface area contributed by atoms with Crippen LogP contribution in [0.2, 0.25) is 0 Å². The topological polar surface area (TPSA) is 114 Å². The van der Waals surface area contributed by atoms with Gasteiger partial charge in [0.1, 0.15) is 0 Å². The minimum absolute atomic E-state index is 0.0154. The number of ketones is 1. The summed E-state index contributed by atoms with van der Waals surface area (Å²) >= 11 is 0. The van der Waals surface area contributed by atoms with Gasteiger partial charge in [-0.15, -0.1) is 0 Å². The van der Waals surface area contributed by atoms with Gasteiger partial charge in [0.05, 0.1) is 11.6 Å². The highest BCUT2D eigenvalue weighted by molar-refractivity contribution is 5.87. The molecule has 2 N–H and O–H groups in total. The first-order valence-corrected chi connectivity index (χ1v) is 8.46. The third-order valence-electron chi connectivity index (χ3n) is 6.54. The Hall–Kier alpha value is -2.46. The number of nitrogens with zero attached hydrogens (tertiary/aromatic N) is 3. The number of Topliss-reactive ketones (excluding diaryl/α,β-unsaturated/α-hetero) is 1. The van der Waals surface area contributed by atoms with Crippen LogP contribution in [0.5, 0.6) is 11.5 Å². The molecule has 4 rings (SSSR count). The molecule has 2 aliphatic carbocycles. The van der Waals surface area contributed by atoms with Crippen LogP contribution in [0, 0.1) is 22.2 Å². The molecule has 0 radical (unpaired) electrons. The number of phenols is 2. The number of aromatic hydroxyl groups is 2. The van der Waals surface area contributed by atoms with Crippen LogP contribution < -0.4 is 0 Å². The summed E-state index contributed by atoms with van der Waals surface area (Å²) in [6, 6.07) is 2.63. The van der Waals surface area contributed by atoms with Crippen LogP contribution in [0.3, 0.4) is 0 Å². The molecule has 0 aromatic heterocycles. The lowest BCUT2D eigenvalue weighted by Gasteiger charge is -2.58. The lowest BCUT2D eigenvalue weighted by molar-refractivity contribution is -0.128. The van der Waals surface area contributed by atoms with Crippen molar-refractivity contribution < 1.29 is 15.0 Å². The van der Waals surface area contributed by atoms with Crippen LogP contribution in [-0.2, 0) is 16.6 Å². The number of hydrogen-bond acceptors (Lipinski definition) is 7. The van der Waals surface area contributed by atoms with Crippen LogP contribution in [-0.4, -0.2) is 46.6 Å². The van der Waals surface area contributed by atoms with E-state index in [4.69, 9.17) is 0 Å². The van der Waals surface area contributed by atoms with E-state index in [0.29, 0.717) is 30.4 Å². The average Bonchev–Trinajstić information content (AvgIpc) is 2.59. The number of piperidine rings is 1. The van der Waals surface area contributed by atoms with Gasteiger partial charge in [0.2, 0.25) is 0 Å². The van der Waals surface area contributed by atoms with Crippen molar-refractivity contribution in [2.75, 3.05) is 13.6 Å². The molecule has 0 amide bonds. The normalized spacial score (nSPS) is 33.9. The van der Waals surface area contributed by atoms with Crippen molar-refractivity contribution in [3.05, 3.63) is 27.7 Å². The number of carbonyl (C=O) groups is 1. The summed E-state index contributed by atoms with van der Waals surface area (Å²) in [5, 5.41) is 33.2.